The monoisotopic (exact) mass is 267 g/mol. The van der Waals surface area contributed by atoms with E-state index >= 15 is 0 Å². The molecule has 0 spiro atoms. The summed E-state index contributed by atoms with van der Waals surface area (Å²) in [5.74, 6) is 0. The molecule has 6 heteroatoms. The second kappa shape index (κ2) is 5.88. The molecule has 0 amide bonds. The summed E-state index contributed by atoms with van der Waals surface area (Å²) in [6.45, 7) is 7.71. The van der Waals surface area contributed by atoms with E-state index in [1.54, 1.807) is 39.0 Å². The average molecular weight is 267 g/mol. The van der Waals surface area contributed by atoms with Crippen LogP contribution >= 0.6 is 0 Å². The Morgan fingerprint density at radius 3 is 2.47 bits per heavy atom. The Labute approximate surface area is 113 Å². The molecule has 1 unspecified atom stereocenters. The average Bonchev–Trinajstić information content (AvgIpc) is 2.28. The zero-order valence-corrected chi connectivity index (χ0v) is 11.7. The number of nitrogens with one attached hydrogen (secondary N) is 2. The van der Waals surface area contributed by atoms with Gasteiger partial charge < -0.3 is 15.7 Å². The lowest BCUT2D eigenvalue weighted by molar-refractivity contribution is -0.383. The first-order valence-electron chi connectivity index (χ1n) is 6.27. The Kier molecular flexibility index (Phi) is 4.72. The fourth-order valence-electron chi connectivity index (χ4n) is 1.63. The predicted molar refractivity (Wildman–Crippen MR) is 76.6 cm³/mol. The van der Waals surface area contributed by atoms with Gasteiger partial charge in [-0.3, -0.25) is 10.1 Å². The summed E-state index contributed by atoms with van der Waals surface area (Å²) < 4.78 is 0. The van der Waals surface area contributed by atoms with Crippen LogP contribution in [-0.4, -0.2) is 28.2 Å². The number of nitro benzene ring substituents is 1. The van der Waals surface area contributed by atoms with Crippen LogP contribution in [0.3, 0.4) is 0 Å². The number of aliphatic hydroxyl groups is 1. The number of nitrogens with zero attached hydrogens (tertiary/aromatic N) is 1. The molecule has 0 aliphatic heterocycles. The minimum Gasteiger partial charge on any atom is -0.391 e. The van der Waals surface area contributed by atoms with Gasteiger partial charge in [-0.2, -0.15) is 0 Å². The van der Waals surface area contributed by atoms with Gasteiger partial charge in [0, 0.05) is 6.54 Å². The van der Waals surface area contributed by atoms with Crippen LogP contribution in [0.15, 0.2) is 18.2 Å². The minimum atomic E-state index is -0.657. The van der Waals surface area contributed by atoms with Crippen LogP contribution in [0, 0.1) is 10.1 Å². The molecule has 0 saturated heterocycles. The SMILES string of the molecule is CCNc1cccc(NC(C)(C)C(C)O)c1[N+](=O)[O-]. The van der Waals surface area contributed by atoms with Crippen LogP contribution in [-0.2, 0) is 0 Å². The van der Waals surface area contributed by atoms with Gasteiger partial charge in [0.1, 0.15) is 11.4 Å². The van der Waals surface area contributed by atoms with E-state index < -0.39 is 16.6 Å². The molecular weight excluding hydrogens is 246 g/mol. The van der Waals surface area contributed by atoms with Gasteiger partial charge in [-0.1, -0.05) is 6.07 Å². The summed E-state index contributed by atoms with van der Waals surface area (Å²) in [5, 5.41) is 26.9. The van der Waals surface area contributed by atoms with Gasteiger partial charge in [0.05, 0.1) is 16.6 Å². The van der Waals surface area contributed by atoms with Crippen molar-refractivity contribution >= 4 is 17.1 Å². The Morgan fingerprint density at radius 2 is 2.00 bits per heavy atom. The van der Waals surface area contributed by atoms with E-state index in [0.29, 0.717) is 17.9 Å². The van der Waals surface area contributed by atoms with E-state index in [9.17, 15) is 15.2 Å². The second-order valence-corrected chi connectivity index (χ2v) is 5.01. The van der Waals surface area contributed by atoms with Crippen molar-refractivity contribution in [2.24, 2.45) is 0 Å². The first-order chi connectivity index (χ1) is 8.79. The zero-order valence-electron chi connectivity index (χ0n) is 11.7. The lowest BCUT2D eigenvalue weighted by Gasteiger charge is -2.30. The molecule has 1 aromatic rings. The lowest BCUT2D eigenvalue weighted by Crippen LogP contribution is -2.42. The van der Waals surface area contributed by atoms with Crippen LogP contribution < -0.4 is 10.6 Å². The third-order valence-electron chi connectivity index (χ3n) is 3.09. The molecule has 3 N–H and O–H groups in total. The summed E-state index contributed by atoms with van der Waals surface area (Å²) >= 11 is 0. The molecule has 0 bridgehead atoms. The number of aliphatic hydroxyl groups excluding tert-OH is 1. The molecule has 0 heterocycles. The Balaban J connectivity index is 3.20. The van der Waals surface area contributed by atoms with Crippen molar-refractivity contribution in [2.75, 3.05) is 17.2 Å². The van der Waals surface area contributed by atoms with Gasteiger partial charge in [-0.15, -0.1) is 0 Å². The third-order valence-corrected chi connectivity index (χ3v) is 3.09. The molecule has 1 atom stereocenters. The Bertz CT molecular complexity index is 458. The van der Waals surface area contributed by atoms with E-state index in [0.717, 1.165) is 0 Å². The molecule has 6 nitrogen and oxygen atoms in total. The van der Waals surface area contributed by atoms with Crippen molar-refractivity contribution in [3.63, 3.8) is 0 Å². The molecule has 0 aliphatic carbocycles. The minimum absolute atomic E-state index is 0.00178. The highest BCUT2D eigenvalue weighted by atomic mass is 16.6. The number of anilines is 2. The highest BCUT2D eigenvalue weighted by Crippen LogP contribution is 2.34. The molecule has 0 aromatic heterocycles. The van der Waals surface area contributed by atoms with Crippen molar-refractivity contribution in [3.05, 3.63) is 28.3 Å². The van der Waals surface area contributed by atoms with Crippen LogP contribution in [0.25, 0.3) is 0 Å². The van der Waals surface area contributed by atoms with Crippen LogP contribution in [0.2, 0.25) is 0 Å². The van der Waals surface area contributed by atoms with Crippen LogP contribution in [0.1, 0.15) is 27.7 Å². The molecule has 0 fully saturated rings. The van der Waals surface area contributed by atoms with Crippen molar-refractivity contribution in [2.45, 2.75) is 39.3 Å². The van der Waals surface area contributed by atoms with Crippen LogP contribution in [0.5, 0.6) is 0 Å². The van der Waals surface area contributed by atoms with E-state index in [1.807, 2.05) is 6.92 Å². The quantitative estimate of drug-likeness (QED) is 0.544. The highest BCUT2D eigenvalue weighted by molar-refractivity contribution is 5.76. The number of hydrogen-bond acceptors (Lipinski definition) is 5. The third kappa shape index (κ3) is 3.57. The molecule has 19 heavy (non-hydrogen) atoms. The summed E-state index contributed by atoms with van der Waals surface area (Å²) in [5.41, 5.74) is 0.210. The Hall–Kier alpha value is -1.82. The molecular formula is C13H21N3O3. The number of hydrogen-bond donors (Lipinski definition) is 3. The van der Waals surface area contributed by atoms with Gasteiger partial charge in [0.25, 0.3) is 0 Å². The largest absolute Gasteiger partial charge is 0.391 e. The van der Waals surface area contributed by atoms with Crippen LogP contribution in [0.4, 0.5) is 17.1 Å². The maximum atomic E-state index is 11.2. The molecule has 1 rings (SSSR count). The van der Waals surface area contributed by atoms with Gasteiger partial charge in [-0.25, -0.2) is 0 Å². The predicted octanol–water partition coefficient (Wildman–Crippen LogP) is 2.60. The number of rotatable bonds is 6. The molecule has 0 radical (unpaired) electrons. The topological polar surface area (TPSA) is 87.4 Å². The molecule has 106 valence electrons. The number of benzene rings is 1. The Morgan fingerprint density at radius 1 is 1.42 bits per heavy atom. The smallest absolute Gasteiger partial charge is 0.315 e. The molecule has 0 saturated carbocycles. The van der Waals surface area contributed by atoms with Gasteiger partial charge >= 0.3 is 5.69 Å². The fourth-order valence-corrected chi connectivity index (χ4v) is 1.63. The van der Waals surface area contributed by atoms with E-state index in [2.05, 4.69) is 10.6 Å². The maximum absolute atomic E-state index is 11.2. The van der Waals surface area contributed by atoms with Crippen molar-refractivity contribution in [1.29, 1.82) is 0 Å². The van der Waals surface area contributed by atoms with Crippen molar-refractivity contribution in [3.8, 4) is 0 Å². The van der Waals surface area contributed by atoms with Gasteiger partial charge in [-0.05, 0) is 39.8 Å². The lowest BCUT2D eigenvalue weighted by atomic mass is 9.98. The van der Waals surface area contributed by atoms with E-state index in [-0.39, 0.29) is 5.69 Å². The van der Waals surface area contributed by atoms with Gasteiger partial charge in [0.2, 0.25) is 0 Å². The van der Waals surface area contributed by atoms with Crippen molar-refractivity contribution in [1.82, 2.24) is 0 Å². The van der Waals surface area contributed by atoms with Gasteiger partial charge in [0.15, 0.2) is 0 Å². The first kappa shape index (κ1) is 15.2. The van der Waals surface area contributed by atoms with E-state index in [4.69, 9.17) is 0 Å². The highest BCUT2D eigenvalue weighted by Gasteiger charge is 2.28. The summed E-state index contributed by atoms with van der Waals surface area (Å²) in [4.78, 5) is 10.8. The molecule has 0 aliphatic rings. The second-order valence-electron chi connectivity index (χ2n) is 5.01. The number of nitro groups is 1. The maximum Gasteiger partial charge on any atom is 0.315 e. The summed E-state index contributed by atoms with van der Waals surface area (Å²) in [6.07, 6.45) is -0.644. The van der Waals surface area contributed by atoms with E-state index in [1.165, 1.54) is 0 Å². The molecule has 1 aromatic carbocycles. The fraction of sp³-hybridized carbons (Fsp3) is 0.538. The normalized spacial score (nSPS) is 12.9. The summed E-state index contributed by atoms with van der Waals surface area (Å²) in [6, 6.07) is 5.05. The standard InChI is InChI=1S/C13H21N3O3/c1-5-14-10-7-6-8-11(12(10)16(18)19)15-13(3,4)9(2)17/h6-9,14-15,17H,5H2,1-4H3. The zero-order chi connectivity index (χ0) is 14.6. The first-order valence-corrected chi connectivity index (χ1v) is 6.27. The van der Waals surface area contributed by atoms with Crippen molar-refractivity contribution < 1.29 is 10.0 Å². The summed E-state index contributed by atoms with van der Waals surface area (Å²) in [7, 11) is 0. The number of para-hydroxylation sites is 1.